The van der Waals surface area contributed by atoms with Gasteiger partial charge in [-0.1, -0.05) is 0 Å². The molecule has 1 saturated heterocycles. The molecule has 2 amide bonds. The first kappa shape index (κ1) is 17.0. The number of ether oxygens (including phenoxy) is 1. The number of hydrogen-bond donors (Lipinski definition) is 2. The lowest BCUT2D eigenvalue weighted by Crippen LogP contribution is -2.42. The van der Waals surface area contributed by atoms with E-state index < -0.39 is 0 Å². The van der Waals surface area contributed by atoms with Crippen LogP contribution < -0.4 is 5.32 Å². The summed E-state index contributed by atoms with van der Waals surface area (Å²) in [5.41, 5.74) is 1.86. The number of nitrogens with one attached hydrogen (secondary N) is 2. The highest BCUT2D eigenvalue weighted by Gasteiger charge is 2.28. The number of carbonyl (C=O) groups excluding carboxylic acids is 2. The van der Waals surface area contributed by atoms with Crippen molar-refractivity contribution in [3.05, 3.63) is 41.5 Å². The molecule has 1 aliphatic heterocycles. The summed E-state index contributed by atoms with van der Waals surface area (Å²) in [5.74, 6) is 0.347. The fraction of sp³-hybridized carbons (Fsp3) is 0.438. The molecule has 9 nitrogen and oxygen atoms in total. The van der Waals surface area contributed by atoms with E-state index in [0.29, 0.717) is 37.8 Å². The first-order valence-corrected chi connectivity index (χ1v) is 8.00. The van der Waals surface area contributed by atoms with Crippen LogP contribution in [-0.4, -0.2) is 56.3 Å². The van der Waals surface area contributed by atoms with E-state index in [2.05, 4.69) is 25.3 Å². The Morgan fingerprint density at radius 3 is 2.88 bits per heavy atom. The van der Waals surface area contributed by atoms with Crippen molar-refractivity contribution in [3.63, 3.8) is 0 Å². The van der Waals surface area contributed by atoms with E-state index in [4.69, 9.17) is 4.74 Å². The molecule has 2 N–H and O–H groups in total. The molecule has 9 heteroatoms. The van der Waals surface area contributed by atoms with E-state index in [0.717, 1.165) is 11.4 Å². The number of rotatable bonds is 4. The van der Waals surface area contributed by atoms with Crippen LogP contribution >= 0.6 is 0 Å². The zero-order valence-corrected chi connectivity index (χ0v) is 14.2. The third-order valence-electron chi connectivity index (χ3n) is 3.83. The van der Waals surface area contributed by atoms with Gasteiger partial charge in [-0.3, -0.25) is 14.6 Å². The van der Waals surface area contributed by atoms with Crippen molar-refractivity contribution < 1.29 is 14.3 Å². The van der Waals surface area contributed by atoms with Gasteiger partial charge in [-0.05, 0) is 6.92 Å². The zero-order chi connectivity index (χ0) is 17.8. The maximum absolute atomic E-state index is 12.6. The van der Waals surface area contributed by atoms with Crippen molar-refractivity contribution in [1.82, 2.24) is 30.2 Å². The number of morpholine rings is 1. The molecule has 0 aromatic carbocycles. The van der Waals surface area contributed by atoms with Gasteiger partial charge in [0, 0.05) is 19.7 Å². The van der Waals surface area contributed by atoms with Gasteiger partial charge in [0.25, 0.3) is 5.91 Å². The SMILES string of the molecule is CC(=O)NCc1cnc([C@@H]2CN(C(=O)c3cnc(C)cn3)CCO2)[nH]1. The van der Waals surface area contributed by atoms with Crippen molar-refractivity contribution in [2.45, 2.75) is 26.5 Å². The van der Waals surface area contributed by atoms with Crippen LogP contribution in [0.4, 0.5) is 0 Å². The van der Waals surface area contributed by atoms with E-state index in [-0.39, 0.29) is 17.9 Å². The Balaban J connectivity index is 1.65. The van der Waals surface area contributed by atoms with Crippen molar-refractivity contribution in [3.8, 4) is 0 Å². The molecule has 3 rings (SSSR count). The first-order valence-electron chi connectivity index (χ1n) is 8.00. The van der Waals surface area contributed by atoms with E-state index in [1.165, 1.54) is 13.1 Å². The largest absolute Gasteiger partial charge is 0.367 e. The van der Waals surface area contributed by atoms with Crippen LogP contribution in [0, 0.1) is 6.92 Å². The van der Waals surface area contributed by atoms with Gasteiger partial charge in [0.2, 0.25) is 5.91 Å². The number of imidazole rings is 1. The summed E-state index contributed by atoms with van der Waals surface area (Å²) >= 11 is 0. The van der Waals surface area contributed by atoms with Crippen molar-refractivity contribution in [2.24, 2.45) is 0 Å². The standard InChI is InChI=1S/C16H20N6O3/c1-10-5-19-13(8-17-10)16(24)22-3-4-25-14(9-22)15-20-7-12(21-15)6-18-11(2)23/h5,7-8,14H,3-4,6,9H2,1-2H3,(H,18,23)(H,20,21)/t14-/m0/s1. The summed E-state index contributed by atoms with van der Waals surface area (Å²) in [6.07, 6.45) is 4.37. The monoisotopic (exact) mass is 344 g/mol. The lowest BCUT2D eigenvalue weighted by atomic mass is 10.2. The number of nitrogens with zero attached hydrogens (tertiary/aromatic N) is 4. The molecule has 0 bridgehead atoms. The van der Waals surface area contributed by atoms with Gasteiger partial charge in [0.05, 0.1) is 43.5 Å². The highest BCUT2D eigenvalue weighted by molar-refractivity contribution is 5.92. The van der Waals surface area contributed by atoms with Crippen molar-refractivity contribution in [1.29, 1.82) is 0 Å². The number of aromatic nitrogens is 4. The Kier molecular flexibility index (Phi) is 5.03. The maximum atomic E-state index is 12.6. The number of H-pyrrole nitrogens is 1. The summed E-state index contributed by atoms with van der Waals surface area (Å²) in [5, 5.41) is 2.70. The number of aromatic amines is 1. The first-order chi connectivity index (χ1) is 12.0. The highest BCUT2D eigenvalue weighted by Crippen LogP contribution is 2.20. The van der Waals surface area contributed by atoms with Crippen LogP contribution in [0.15, 0.2) is 18.6 Å². The Morgan fingerprint density at radius 2 is 2.16 bits per heavy atom. The fourth-order valence-corrected chi connectivity index (χ4v) is 2.51. The predicted octanol–water partition coefficient (Wildman–Crippen LogP) is 0.358. The van der Waals surface area contributed by atoms with Gasteiger partial charge in [-0.15, -0.1) is 0 Å². The molecule has 3 heterocycles. The number of aryl methyl sites for hydroxylation is 1. The van der Waals surface area contributed by atoms with Gasteiger partial charge >= 0.3 is 0 Å². The van der Waals surface area contributed by atoms with E-state index >= 15 is 0 Å². The molecule has 2 aromatic rings. The number of carbonyl (C=O) groups is 2. The van der Waals surface area contributed by atoms with Gasteiger partial charge in [0.15, 0.2) is 0 Å². The molecular formula is C16H20N6O3. The number of hydrogen-bond acceptors (Lipinski definition) is 6. The van der Waals surface area contributed by atoms with Crippen LogP contribution in [0.1, 0.15) is 40.7 Å². The Hall–Kier alpha value is -2.81. The summed E-state index contributed by atoms with van der Waals surface area (Å²) in [6.45, 7) is 4.93. The summed E-state index contributed by atoms with van der Waals surface area (Å²) in [7, 11) is 0. The molecule has 0 radical (unpaired) electrons. The predicted molar refractivity (Wildman–Crippen MR) is 87.5 cm³/mol. The second-order valence-corrected chi connectivity index (χ2v) is 5.86. The van der Waals surface area contributed by atoms with Crippen molar-refractivity contribution in [2.75, 3.05) is 19.7 Å². The summed E-state index contributed by atoms with van der Waals surface area (Å²) in [4.78, 5) is 40.9. The minimum Gasteiger partial charge on any atom is -0.367 e. The molecule has 0 aliphatic carbocycles. The average Bonchev–Trinajstić information content (AvgIpc) is 3.09. The normalized spacial score (nSPS) is 17.4. The quantitative estimate of drug-likeness (QED) is 0.828. The van der Waals surface area contributed by atoms with Crippen LogP contribution in [0.3, 0.4) is 0 Å². The van der Waals surface area contributed by atoms with Crippen LogP contribution in [0.25, 0.3) is 0 Å². The summed E-state index contributed by atoms with van der Waals surface area (Å²) < 4.78 is 5.73. The van der Waals surface area contributed by atoms with Crippen LogP contribution in [-0.2, 0) is 16.1 Å². The van der Waals surface area contributed by atoms with Crippen LogP contribution in [0.2, 0.25) is 0 Å². The second kappa shape index (κ2) is 7.39. The molecule has 132 valence electrons. The lowest BCUT2D eigenvalue weighted by molar-refractivity contribution is -0.119. The topological polar surface area (TPSA) is 113 Å². The molecule has 1 aliphatic rings. The molecule has 2 aromatic heterocycles. The zero-order valence-electron chi connectivity index (χ0n) is 14.2. The van der Waals surface area contributed by atoms with Gasteiger partial charge in [-0.2, -0.15) is 0 Å². The fourth-order valence-electron chi connectivity index (χ4n) is 2.51. The Labute approximate surface area is 144 Å². The van der Waals surface area contributed by atoms with E-state index in [9.17, 15) is 9.59 Å². The second-order valence-electron chi connectivity index (χ2n) is 5.86. The Morgan fingerprint density at radius 1 is 1.32 bits per heavy atom. The molecule has 0 spiro atoms. The highest BCUT2D eigenvalue weighted by atomic mass is 16.5. The van der Waals surface area contributed by atoms with Gasteiger partial charge in [-0.25, -0.2) is 9.97 Å². The minimum atomic E-state index is -0.345. The smallest absolute Gasteiger partial charge is 0.274 e. The molecule has 1 atom stereocenters. The van der Waals surface area contributed by atoms with Gasteiger partial charge < -0.3 is 19.9 Å². The number of amides is 2. The maximum Gasteiger partial charge on any atom is 0.274 e. The average molecular weight is 344 g/mol. The molecule has 0 unspecified atom stereocenters. The molecule has 0 saturated carbocycles. The Bertz CT molecular complexity index is 757. The third-order valence-corrected chi connectivity index (χ3v) is 3.83. The van der Waals surface area contributed by atoms with Crippen LogP contribution in [0.5, 0.6) is 0 Å². The van der Waals surface area contributed by atoms with E-state index in [1.807, 2.05) is 6.92 Å². The molecule has 1 fully saturated rings. The minimum absolute atomic E-state index is 0.110. The lowest BCUT2D eigenvalue weighted by Gasteiger charge is -2.31. The van der Waals surface area contributed by atoms with Gasteiger partial charge in [0.1, 0.15) is 17.6 Å². The third kappa shape index (κ3) is 4.18. The van der Waals surface area contributed by atoms with E-state index in [1.54, 1.807) is 17.3 Å². The van der Waals surface area contributed by atoms with Crippen molar-refractivity contribution >= 4 is 11.8 Å². The molecular weight excluding hydrogens is 324 g/mol. The molecule has 25 heavy (non-hydrogen) atoms. The summed E-state index contributed by atoms with van der Waals surface area (Å²) in [6, 6.07) is 0.